The standard InChI is InChI=1S/C15H18N2O3/c18-14(10-5-7-16-9-10)17-8-6-12(15(19)20)11-3-1-2-4-13(11)17/h1-4,10,12,16H,5-9H2,(H,19,20). The van der Waals surface area contributed by atoms with Gasteiger partial charge in [0.15, 0.2) is 0 Å². The molecule has 0 aliphatic carbocycles. The van der Waals surface area contributed by atoms with Crippen LogP contribution in [0.2, 0.25) is 0 Å². The van der Waals surface area contributed by atoms with E-state index in [1.807, 2.05) is 24.3 Å². The number of carbonyl (C=O) groups excluding carboxylic acids is 1. The van der Waals surface area contributed by atoms with Gasteiger partial charge in [0.2, 0.25) is 5.91 Å². The Hall–Kier alpha value is -1.88. The van der Waals surface area contributed by atoms with Crippen molar-refractivity contribution in [2.24, 2.45) is 5.92 Å². The third-order valence-electron chi connectivity index (χ3n) is 4.22. The third kappa shape index (κ3) is 2.18. The van der Waals surface area contributed by atoms with Crippen LogP contribution in [-0.4, -0.2) is 36.6 Å². The Labute approximate surface area is 117 Å². The summed E-state index contributed by atoms with van der Waals surface area (Å²) in [6.07, 6.45) is 1.35. The molecule has 0 bridgehead atoms. The van der Waals surface area contributed by atoms with Crippen LogP contribution in [0.4, 0.5) is 5.69 Å². The second kappa shape index (κ2) is 5.25. The van der Waals surface area contributed by atoms with Crippen molar-refractivity contribution >= 4 is 17.6 Å². The smallest absolute Gasteiger partial charge is 0.311 e. The minimum Gasteiger partial charge on any atom is -0.481 e. The highest BCUT2D eigenvalue weighted by Crippen LogP contribution is 2.36. The molecule has 2 aliphatic heterocycles. The number of carbonyl (C=O) groups is 2. The summed E-state index contributed by atoms with van der Waals surface area (Å²) in [5.74, 6) is -1.18. The minimum absolute atomic E-state index is 0.0180. The van der Waals surface area contributed by atoms with E-state index in [0.717, 1.165) is 30.8 Å². The number of benzene rings is 1. The molecule has 2 heterocycles. The van der Waals surface area contributed by atoms with Crippen molar-refractivity contribution in [2.75, 3.05) is 24.5 Å². The highest BCUT2D eigenvalue weighted by molar-refractivity contribution is 5.98. The second-order valence-electron chi connectivity index (χ2n) is 5.42. The number of carboxylic acid groups (broad SMARTS) is 1. The number of amides is 1. The van der Waals surface area contributed by atoms with Crippen LogP contribution >= 0.6 is 0 Å². The molecule has 0 radical (unpaired) electrons. The lowest BCUT2D eigenvalue weighted by Gasteiger charge is -2.34. The highest BCUT2D eigenvalue weighted by Gasteiger charge is 2.35. The average molecular weight is 274 g/mol. The summed E-state index contributed by atoms with van der Waals surface area (Å²) in [7, 11) is 0. The predicted octanol–water partition coefficient (Wildman–Crippen LogP) is 1.20. The van der Waals surface area contributed by atoms with E-state index >= 15 is 0 Å². The number of hydrogen-bond acceptors (Lipinski definition) is 3. The summed E-state index contributed by atoms with van der Waals surface area (Å²) in [5, 5.41) is 12.5. The van der Waals surface area contributed by atoms with Crippen molar-refractivity contribution in [2.45, 2.75) is 18.8 Å². The largest absolute Gasteiger partial charge is 0.481 e. The van der Waals surface area contributed by atoms with Crippen LogP contribution < -0.4 is 10.2 Å². The van der Waals surface area contributed by atoms with Crippen LogP contribution in [0.25, 0.3) is 0 Å². The fraction of sp³-hybridized carbons (Fsp3) is 0.467. The first kappa shape index (κ1) is 13.1. The molecule has 20 heavy (non-hydrogen) atoms. The van der Waals surface area contributed by atoms with Crippen molar-refractivity contribution in [3.05, 3.63) is 29.8 Å². The number of aliphatic carboxylic acids is 1. The van der Waals surface area contributed by atoms with Gasteiger partial charge in [-0.2, -0.15) is 0 Å². The molecule has 5 nitrogen and oxygen atoms in total. The number of nitrogens with zero attached hydrogens (tertiary/aromatic N) is 1. The Balaban J connectivity index is 1.92. The maximum absolute atomic E-state index is 12.6. The second-order valence-corrected chi connectivity index (χ2v) is 5.42. The van der Waals surface area contributed by atoms with Crippen LogP contribution in [0, 0.1) is 5.92 Å². The van der Waals surface area contributed by atoms with E-state index in [-0.39, 0.29) is 11.8 Å². The van der Waals surface area contributed by atoms with E-state index in [1.165, 1.54) is 0 Å². The average Bonchev–Trinajstić information content (AvgIpc) is 2.99. The van der Waals surface area contributed by atoms with Gasteiger partial charge in [-0.25, -0.2) is 0 Å². The molecule has 3 rings (SSSR count). The minimum atomic E-state index is -0.813. The first-order chi connectivity index (χ1) is 9.68. The summed E-state index contributed by atoms with van der Waals surface area (Å²) in [4.78, 5) is 25.7. The molecule has 1 saturated heterocycles. The molecule has 2 N–H and O–H groups in total. The maximum atomic E-state index is 12.6. The lowest BCUT2D eigenvalue weighted by atomic mass is 9.89. The van der Waals surface area contributed by atoms with Gasteiger partial charge >= 0.3 is 5.97 Å². The number of nitrogens with one attached hydrogen (secondary N) is 1. The topological polar surface area (TPSA) is 69.6 Å². The Morgan fingerprint density at radius 1 is 1.25 bits per heavy atom. The van der Waals surface area contributed by atoms with Gasteiger partial charge < -0.3 is 15.3 Å². The quantitative estimate of drug-likeness (QED) is 0.850. The first-order valence-corrected chi connectivity index (χ1v) is 7.02. The SMILES string of the molecule is O=C(O)C1CCN(C(=O)C2CCNC2)c2ccccc21. The number of carboxylic acids is 1. The van der Waals surface area contributed by atoms with E-state index in [4.69, 9.17) is 0 Å². The zero-order valence-corrected chi connectivity index (χ0v) is 11.2. The molecule has 2 aliphatic rings. The van der Waals surface area contributed by atoms with Gasteiger partial charge in [-0.1, -0.05) is 18.2 Å². The van der Waals surface area contributed by atoms with Gasteiger partial charge in [-0.3, -0.25) is 9.59 Å². The molecule has 2 unspecified atom stereocenters. The van der Waals surface area contributed by atoms with Crippen LogP contribution in [0.5, 0.6) is 0 Å². The molecule has 2 atom stereocenters. The lowest BCUT2D eigenvalue weighted by molar-refractivity contribution is -0.139. The van der Waals surface area contributed by atoms with E-state index in [1.54, 1.807) is 4.90 Å². The summed E-state index contributed by atoms with van der Waals surface area (Å²) in [6.45, 7) is 2.09. The molecule has 106 valence electrons. The van der Waals surface area contributed by atoms with Gasteiger partial charge in [-0.15, -0.1) is 0 Å². The maximum Gasteiger partial charge on any atom is 0.311 e. The molecule has 1 amide bonds. The number of rotatable bonds is 2. The lowest BCUT2D eigenvalue weighted by Crippen LogP contribution is -2.42. The summed E-state index contributed by atoms with van der Waals surface area (Å²) in [6, 6.07) is 7.36. The molecule has 5 heteroatoms. The van der Waals surface area contributed by atoms with Gasteiger partial charge in [0.1, 0.15) is 0 Å². The van der Waals surface area contributed by atoms with Crippen molar-refractivity contribution in [1.82, 2.24) is 5.32 Å². The fourth-order valence-corrected chi connectivity index (χ4v) is 3.13. The van der Waals surface area contributed by atoms with Gasteiger partial charge in [0.25, 0.3) is 0 Å². The third-order valence-corrected chi connectivity index (χ3v) is 4.22. The zero-order valence-electron chi connectivity index (χ0n) is 11.2. The van der Waals surface area contributed by atoms with Crippen molar-refractivity contribution in [1.29, 1.82) is 0 Å². The van der Waals surface area contributed by atoms with Crippen molar-refractivity contribution < 1.29 is 14.7 Å². The summed E-state index contributed by atoms with van der Waals surface area (Å²) >= 11 is 0. The molecular formula is C15H18N2O3. The normalized spacial score (nSPS) is 25.3. The Kier molecular flexibility index (Phi) is 3.44. The van der Waals surface area contributed by atoms with Crippen LogP contribution in [-0.2, 0) is 9.59 Å². The van der Waals surface area contributed by atoms with E-state index in [2.05, 4.69) is 5.32 Å². The number of fused-ring (bicyclic) bond motifs is 1. The molecule has 1 aromatic carbocycles. The van der Waals surface area contributed by atoms with Gasteiger partial charge in [0.05, 0.1) is 11.8 Å². The zero-order chi connectivity index (χ0) is 14.1. The Morgan fingerprint density at radius 2 is 2.05 bits per heavy atom. The van der Waals surface area contributed by atoms with E-state index in [0.29, 0.717) is 13.0 Å². The molecule has 1 fully saturated rings. The molecule has 0 aromatic heterocycles. The van der Waals surface area contributed by atoms with Gasteiger partial charge in [-0.05, 0) is 31.0 Å². The first-order valence-electron chi connectivity index (χ1n) is 7.02. The Bertz CT molecular complexity index is 538. The van der Waals surface area contributed by atoms with E-state index in [9.17, 15) is 14.7 Å². The molecular weight excluding hydrogens is 256 g/mol. The van der Waals surface area contributed by atoms with Crippen molar-refractivity contribution in [3.8, 4) is 0 Å². The van der Waals surface area contributed by atoms with Crippen LogP contribution in [0.3, 0.4) is 0 Å². The number of para-hydroxylation sites is 1. The van der Waals surface area contributed by atoms with Crippen LogP contribution in [0.15, 0.2) is 24.3 Å². The van der Waals surface area contributed by atoms with Crippen LogP contribution in [0.1, 0.15) is 24.3 Å². The molecule has 0 saturated carbocycles. The number of anilines is 1. The summed E-state index contributed by atoms with van der Waals surface area (Å²) < 4.78 is 0. The number of hydrogen-bond donors (Lipinski definition) is 2. The van der Waals surface area contributed by atoms with Crippen molar-refractivity contribution in [3.63, 3.8) is 0 Å². The molecule has 1 aromatic rings. The fourth-order valence-electron chi connectivity index (χ4n) is 3.13. The highest BCUT2D eigenvalue weighted by atomic mass is 16.4. The Morgan fingerprint density at radius 3 is 2.75 bits per heavy atom. The monoisotopic (exact) mass is 274 g/mol. The predicted molar refractivity (Wildman–Crippen MR) is 74.8 cm³/mol. The van der Waals surface area contributed by atoms with E-state index < -0.39 is 11.9 Å². The summed E-state index contributed by atoms with van der Waals surface area (Å²) in [5.41, 5.74) is 1.52. The van der Waals surface area contributed by atoms with Gasteiger partial charge in [0, 0.05) is 18.8 Å². The molecule has 0 spiro atoms.